The molecule has 0 spiro atoms. The molecule has 1 aliphatic rings. The van der Waals surface area contributed by atoms with Crippen molar-refractivity contribution >= 4 is 9.84 Å². The van der Waals surface area contributed by atoms with Gasteiger partial charge in [-0.2, -0.15) is 0 Å². The van der Waals surface area contributed by atoms with E-state index in [2.05, 4.69) is 5.32 Å². The average molecular weight is 234 g/mol. The molecule has 0 aromatic carbocycles. The van der Waals surface area contributed by atoms with Gasteiger partial charge >= 0.3 is 0 Å². The molecule has 0 atom stereocenters. The molecule has 0 aromatic rings. The molecule has 1 saturated heterocycles. The Morgan fingerprint density at radius 2 is 1.80 bits per heavy atom. The molecule has 1 fully saturated rings. The minimum atomic E-state index is -2.96. The number of sulfone groups is 1. The molecular formula is C10H22N2O2S. The Labute approximate surface area is 93.0 Å². The molecule has 0 unspecified atom stereocenters. The molecule has 4 nitrogen and oxygen atoms in total. The van der Waals surface area contributed by atoms with Gasteiger partial charge in [0.2, 0.25) is 0 Å². The molecule has 15 heavy (non-hydrogen) atoms. The summed E-state index contributed by atoms with van der Waals surface area (Å²) in [7, 11) is 0.919. The van der Waals surface area contributed by atoms with E-state index in [1.807, 2.05) is 19.0 Å². The third-order valence-corrected chi connectivity index (χ3v) is 5.78. The molecule has 1 N–H and O–H groups in total. The van der Waals surface area contributed by atoms with Crippen LogP contribution in [-0.2, 0) is 9.84 Å². The van der Waals surface area contributed by atoms with Crippen LogP contribution in [-0.4, -0.2) is 57.5 Å². The van der Waals surface area contributed by atoms with Gasteiger partial charge in [0.1, 0.15) is 0 Å². The Kier molecular flexibility index (Phi) is 4.14. The molecule has 1 rings (SSSR count). The van der Waals surface area contributed by atoms with Crippen LogP contribution in [0.15, 0.2) is 0 Å². The molecule has 0 amide bonds. The number of nitrogens with zero attached hydrogens (tertiary/aromatic N) is 1. The second-order valence-electron chi connectivity index (χ2n) is 4.57. The van der Waals surface area contributed by atoms with E-state index in [0.717, 1.165) is 25.9 Å². The Morgan fingerprint density at radius 3 is 2.20 bits per heavy atom. The lowest BCUT2D eigenvalue weighted by Gasteiger charge is -2.38. The number of hydrogen-bond acceptors (Lipinski definition) is 4. The summed E-state index contributed by atoms with van der Waals surface area (Å²) >= 11 is 0. The average Bonchev–Trinajstić information content (AvgIpc) is 2.18. The van der Waals surface area contributed by atoms with Crippen LogP contribution in [0.25, 0.3) is 0 Å². The summed E-state index contributed by atoms with van der Waals surface area (Å²) in [6, 6.07) is 0. The third-order valence-electron chi connectivity index (χ3n) is 3.16. The maximum Gasteiger partial charge on any atom is 0.157 e. The van der Waals surface area contributed by atoms with E-state index in [1.165, 1.54) is 0 Å². The minimum Gasteiger partial charge on any atom is -0.317 e. The smallest absolute Gasteiger partial charge is 0.157 e. The molecule has 0 saturated carbocycles. The van der Waals surface area contributed by atoms with E-state index in [4.69, 9.17) is 0 Å². The number of hydrogen-bond donors (Lipinski definition) is 1. The fraction of sp³-hybridized carbons (Fsp3) is 1.00. The van der Waals surface area contributed by atoms with Crippen LogP contribution >= 0.6 is 0 Å². The lowest BCUT2D eigenvalue weighted by atomic mass is 9.96. The van der Waals surface area contributed by atoms with Crippen LogP contribution in [0.4, 0.5) is 0 Å². The monoisotopic (exact) mass is 234 g/mol. The Bertz CT molecular complexity index is 293. The normalized spacial score (nSPS) is 21.9. The molecule has 90 valence electrons. The fourth-order valence-electron chi connectivity index (χ4n) is 2.33. The molecule has 5 heteroatoms. The Hall–Kier alpha value is -0.130. The summed E-state index contributed by atoms with van der Waals surface area (Å²) in [5, 5.41) is 3.23. The van der Waals surface area contributed by atoms with Crippen molar-refractivity contribution in [2.45, 2.75) is 24.5 Å². The highest BCUT2D eigenvalue weighted by molar-refractivity contribution is 7.92. The number of piperidine rings is 1. The van der Waals surface area contributed by atoms with E-state index in [-0.39, 0.29) is 5.75 Å². The van der Waals surface area contributed by atoms with Crippen molar-refractivity contribution in [2.75, 3.05) is 39.5 Å². The number of nitrogens with one attached hydrogen (secondary N) is 1. The fourth-order valence-corrected chi connectivity index (χ4v) is 4.23. The summed E-state index contributed by atoms with van der Waals surface area (Å²) in [6.45, 7) is 4.01. The van der Waals surface area contributed by atoms with E-state index < -0.39 is 14.6 Å². The van der Waals surface area contributed by atoms with Crippen LogP contribution in [0.5, 0.6) is 0 Å². The second-order valence-corrected chi connectivity index (χ2v) is 7.25. The first-order valence-electron chi connectivity index (χ1n) is 5.51. The van der Waals surface area contributed by atoms with Crippen LogP contribution < -0.4 is 5.32 Å². The van der Waals surface area contributed by atoms with E-state index in [0.29, 0.717) is 6.54 Å². The summed E-state index contributed by atoms with van der Waals surface area (Å²) in [4.78, 5) is 1.98. The number of rotatable bonds is 4. The quantitative estimate of drug-likeness (QED) is 0.750. The first-order valence-corrected chi connectivity index (χ1v) is 7.16. The van der Waals surface area contributed by atoms with Gasteiger partial charge in [0.15, 0.2) is 9.84 Å². The van der Waals surface area contributed by atoms with E-state index in [9.17, 15) is 8.42 Å². The van der Waals surface area contributed by atoms with Crippen molar-refractivity contribution in [1.82, 2.24) is 10.2 Å². The Balaban J connectivity index is 2.94. The first kappa shape index (κ1) is 12.9. The van der Waals surface area contributed by atoms with Crippen molar-refractivity contribution in [1.29, 1.82) is 0 Å². The third kappa shape index (κ3) is 2.71. The van der Waals surface area contributed by atoms with Crippen molar-refractivity contribution < 1.29 is 8.42 Å². The highest BCUT2D eigenvalue weighted by atomic mass is 32.2. The predicted octanol–water partition coefficient (Wildman–Crippen LogP) is 0.105. The zero-order valence-electron chi connectivity index (χ0n) is 9.91. The van der Waals surface area contributed by atoms with E-state index >= 15 is 0 Å². The van der Waals surface area contributed by atoms with Crippen molar-refractivity contribution in [3.63, 3.8) is 0 Å². The van der Waals surface area contributed by atoms with Gasteiger partial charge in [-0.3, -0.25) is 0 Å². The lowest BCUT2D eigenvalue weighted by molar-refractivity contribution is 0.288. The van der Waals surface area contributed by atoms with Gasteiger partial charge in [0.05, 0.1) is 4.75 Å². The van der Waals surface area contributed by atoms with Crippen LogP contribution in [0.2, 0.25) is 0 Å². The summed E-state index contributed by atoms with van der Waals surface area (Å²) in [5.74, 6) is 0.251. The van der Waals surface area contributed by atoms with Gasteiger partial charge in [0.25, 0.3) is 0 Å². The minimum absolute atomic E-state index is 0.251. The maximum absolute atomic E-state index is 12.2. The Morgan fingerprint density at radius 1 is 1.27 bits per heavy atom. The molecule has 0 aromatic heterocycles. The lowest BCUT2D eigenvalue weighted by Crippen LogP contribution is -2.53. The molecule has 1 aliphatic heterocycles. The maximum atomic E-state index is 12.2. The topological polar surface area (TPSA) is 49.4 Å². The predicted molar refractivity (Wildman–Crippen MR) is 62.8 cm³/mol. The second kappa shape index (κ2) is 4.80. The van der Waals surface area contributed by atoms with Gasteiger partial charge < -0.3 is 10.2 Å². The summed E-state index contributed by atoms with van der Waals surface area (Å²) in [6.07, 6.45) is 1.47. The van der Waals surface area contributed by atoms with Crippen LogP contribution in [0.1, 0.15) is 19.8 Å². The van der Waals surface area contributed by atoms with Gasteiger partial charge in [-0.25, -0.2) is 8.42 Å². The van der Waals surface area contributed by atoms with Crippen molar-refractivity contribution in [3.05, 3.63) is 0 Å². The van der Waals surface area contributed by atoms with Crippen molar-refractivity contribution in [2.24, 2.45) is 0 Å². The van der Waals surface area contributed by atoms with Gasteiger partial charge in [-0.15, -0.1) is 0 Å². The highest BCUT2D eigenvalue weighted by Gasteiger charge is 2.43. The highest BCUT2D eigenvalue weighted by Crippen LogP contribution is 2.29. The first-order chi connectivity index (χ1) is 6.93. The van der Waals surface area contributed by atoms with Gasteiger partial charge in [-0.1, -0.05) is 6.92 Å². The summed E-state index contributed by atoms with van der Waals surface area (Å²) < 4.78 is 23.8. The zero-order chi connectivity index (χ0) is 11.5. The molecule has 1 heterocycles. The van der Waals surface area contributed by atoms with Gasteiger partial charge in [-0.05, 0) is 40.0 Å². The standard InChI is InChI=1S/C10H22N2O2S/c1-4-15(13,14)10(9-12(2)3)5-7-11-8-6-10/h11H,4-9H2,1-3H3. The molecule has 0 radical (unpaired) electrons. The van der Waals surface area contributed by atoms with Crippen LogP contribution in [0.3, 0.4) is 0 Å². The van der Waals surface area contributed by atoms with Gasteiger partial charge in [0, 0.05) is 12.3 Å². The largest absolute Gasteiger partial charge is 0.317 e. The van der Waals surface area contributed by atoms with E-state index in [1.54, 1.807) is 6.92 Å². The summed E-state index contributed by atoms with van der Waals surface area (Å²) in [5.41, 5.74) is 0. The molecule has 0 aliphatic carbocycles. The zero-order valence-corrected chi connectivity index (χ0v) is 10.7. The van der Waals surface area contributed by atoms with Crippen molar-refractivity contribution in [3.8, 4) is 0 Å². The SMILES string of the molecule is CCS(=O)(=O)C1(CN(C)C)CCNCC1. The molecular weight excluding hydrogens is 212 g/mol. The molecule has 0 bridgehead atoms. The van der Waals surface area contributed by atoms with Crippen LogP contribution in [0, 0.1) is 0 Å².